The summed E-state index contributed by atoms with van der Waals surface area (Å²) < 4.78 is 11.2. The Morgan fingerprint density at radius 1 is 1.00 bits per heavy atom. The van der Waals surface area contributed by atoms with Gasteiger partial charge in [-0.05, 0) is 67.1 Å². The molecule has 1 saturated heterocycles. The van der Waals surface area contributed by atoms with E-state index in [4.69, 9.17) is 21.1 Å². The molecule has 0 radical (unpaired) electrons. The smallest absolute Gasteiger partial charge is 0.293 e. The van der Waals surface area contributed by atoms with Crippen LogP contribution in [-0.4, -0.2) is 29.3 Å². The first kappa shape index (κ1) is 20.3. The van der Waals surface area contributed by atoms with Crippen LogP contribution in [0, 0.1) is 0 Å². The third-order valence-corrected chi connectivity index (χ3v) is 5.15. The number of amides is 2. The van der Waals surface area contributed by atoms with Crippen molar-refractivity contribution in [1.82, 2.24) is 4.90 Å². The lowest BCUT2D eigenvalue weighted by molar-refractivity contribution is -0.123. The zero-order chi connectivity index (χ0) is 20.1. The maximum Gasteiger partial charge on any atom is 0.293 e. The third-order valence-electron chi connectivity index (χ3n) is 3.99. The lowest BCUT2D eigenvalue weighted by atomic mass is 10.1. The summed E-state index contributed by atoms with van der Waals surface area (Å²) in [5, 5.41) is 0.320. The molecule has 5 nitrogen and oxygen atoms in total. The Morgan fingerprint density at radius 3 is 2.36 bits per heavy atom. The summed E-state index contributed by atoms with van der Waals surface area (Å²) in [6.07, 6.45) is 1.70. The number of carbonyl (C=O) groups is 2. The van der Waals surface area contributed by atoms with E-state index in [2.05, 4.69) is 0 Å². The van der Waals surface area contributed by atoms with Gasteiger partial charge in [-0.3, -0.25) is 14.5 Å². The molecular formula is C21H20ClNO4S. The van der Waals surface area contributed by atoms with Crippen LogP contribution in [0.5, 0.6) is 11.5 Å². The molecule has 3 rings (SSSR count). The molecule has 1 aliphatic rings. The van der Waals surface area contributed by atoms with E-state index in [9.17, 15) is 9.59 Å². The highest BCUT2D eigenvalue weighted by molar-refractivity contribution is 8.18. The number of hydrogen-bond donors (Lipinski definition) is 0. The van der Waals surface area contributed by atoms with Crippen molar-refractivity contribution in [2.75, 3.05) is 13.2 Å². The van der Waals surface area contributed by atoms with E-state index in [1.807, 2.05) is 26.0 Å². The topological polar surface area (TPSA) is 55.8 Å². The largest absolute Gasteiger partial charge is 0.490 e. The maximum atomic E-state index is 12.7. The van der Waals surface area contributed by atoms with Gasteiger partial charge < -0.3 is 9.47 Å². The van der Waals surface area contributed by atoms with E-state index in [0.29, 0.717) is 34.6 Å². The zero-order valence-corrected chi connectivity index (χ0v) is 17.2. The summed E-state index contributed by atoms with van der Waals surface area (Å²) in [5.74, 6) is 0.952. The minimum absolute atomic E-state index is 0.215. The first-order valence-corrected chi connectivity index (χ1v) is 10.1. The highest BCUT2D eigenvalue weighted by atomic mass is 35.5. The van der Waals surface area contributed by atoms with E-state index < -0.39 is 0 Å². The molecule has 1 aliphatic heterocycles. The average molecular weight is 418 g/mol. The second kappa shape index (κ2) is 9.17. The minimum atomic E-state index is -0.309. The van der Waals surface area contributed by atoms with Gasteiger partial charge in [-0.1, -0.05) is 29.8 Å². The predicted molar refractivity (Wildman–Crippen MR) is 112 cm³/mol. The molecule has 28 heavy (non-hydrogen) atoms. The Kier molecular flexibility index (Phi) is 6.65. The molecule has 146 valence electrons. The van der Waals surface area contributed by atoms with Gasteiger partial charge in [0.05, 0.1) is 24.7 Å². The summed E-state index contributed by atoms with van der Waals surface area (Å²) in [4.78, 5) is 26.6. The van der Waals surface area contributed by atoms with Crippen molar-refractivity contribution in [3.63, 3.8) is 0 Å². The second-order valence-electron chi connectivity index (χ2n) is 5.97. The molecule has 1 fully saturated rings. The first-order chi connectivity index (χ1) is 13.5. The molecule has 2 amide bonds. The summed E-state index contributed by atoms with van der Waals surface area (Å²) in [6, 6.07) is 12.5. The van der Waals surface area contributed by atoms with Crippen molar-refractivity contribution in [2.45, 2.75) is 20.4 Å². The Balaban J connectivity index is 1.81. The number of ether oxygens (including phenoxy) is 2. The molecule has 2 aromatic carbocycles. The second-order valence-corrected chi connectivity index (χ2v) is 7.40. The van der Waals surface area contributed by atoms with Crippen molar-refractivity contribution >= 4 is 40.6 Å². The molecule has 0 aromatic heterocycles. The Morgan fingerprint density at radius 2 is 1.68 bits per heavy atom. The monoisotopic (exact) mass is 417 g/mol. The molecule has 0 bridgehead atoms. The van der Waals surface area contributed by atoms with Gasteiger partial charge in [0.1, 0.15) is 0 Å². The van der Waals surface area contributed by atoms with Crippen LogP contribution in [0.3, 0.4) is 0 Å². The van der Waals surface area contributed by atoms with Crippen molar-refractivity contribution < 1.29 is 19.1 Å². The molecule has 0 N–H and O–H groups in total. The predicted octanol–water partition coefficient (Wildman–Crippen LogP) is 5.37. The van der Waals surface area contributed by atoms with Gasteiger partial charge in [-0.15, -0.1) is 0 Å². The molecule has 7 heteroatoms. The number of halogens is 1. The lowest BCUT2D eigenvalue weighted by Gasteiger charge is -2.12. The van der Waals surface area contributed by atoms with Crippen LogP contribution < -0.4 is 9.47 Å². The van der Waals surface area contributed by atoms with Crippen LogP contribution in [0.15, 0.2) is 47.4 Å². The van der Waals surface area contributed by atoms with E-state index in [-0.39, 0.29) is 17.7 Å². The SMILES string of the molecule is CCOc1ccc(/C=C2\SC(=O)N(Cc3ccc(Cl)cc3)C2=O)cc1OCC. The van der Waals surface area contributed by atoms with Crippen molar-refractivity contribution in [3.8, 4) is 11.5 Å². The summed E-state index contributed by atoms with van der Waals surface area (Å²) in [5.41, 5.74) is 1.61. The number of rotatable bonds is 7. The maximum absolute atomic E-state index is 12.7. The van der Waals surface area contributed by atoms with E-state index in [0.717, 1.165) is 22.9 Å². The fraction of sp³-hybridized carbons (Fsp3) is 0.238. The van der Waals surface area contributed by atoms with Crippen LogP contribution in [0.4, 0.5) is 4.79 Å². The molecular weight excluding hydrogens is 398 g/mol. The Labute approximate surface area is 173 Å². The van der Waals surface area contributed by atoms with Gasteiger partial charge in [0.2, 0.25) is 0 Å². The van der Waals surface area contributed by atoms with E-state index in [1.165, 1.54) is 4.90 Å². The fourth-order valence-electron chi connectivity index (χ4n) is 2.72. The minimum Gasteiger partial charge on any atom is -0.490 e. The Bertz CT molecular complexity index is 911. The lowest BCUT2D eigenvalue weighted by Crippen LogP contribution is -2.27. The van der Waals surface area contributed by atoms with Crippen molar-refractivity contribution in [2.24, 2.45) is 0 Å². The van der Waals surface area contributed by atoms with Crippen molar-refractivity contribution in [1.29, 1.82) is 0 Å². The number of hydrogen-bond acceptors (Lipinski definition) is 5. The van der Waals surface area contributed by atoms with Gasteiger partial charge >= 0.3 is 0 Å². The summed E-state index contributed by atoms with van der Waals surface area (Å²) >= 11 is 6.82. The molecule has 0 saturated carbocycles. The quantitative estimate of drug-likeness (QED) is 0.566. The highest BCUT2D eigenvalue weighted by Crippen LogP contribution is 2.35. The highest BCUT2D eigenvalue weighted by Gasteiger charge is 2.35. The third kappa shape index (κ3) is 4.69. The van der Waals surface area contributed by atoms with E-state index >= 15 is 0 Å². The number of imide groups is 1. The van der Waals surface area contributed by atoms with Gasteiger partial charge in [0.25, 0.3) is 11.1 Å². The molecule has 0 aliphatic carbocycles. The fourth-order valence-corrected chi connectivity index (χ4v) is 3.68. The Hall–Kier alpha value is -2.44. The number of carbonyl (C=O) groups excluding carboxylic acids is 2. The van der Waals surface area contributed by atoms with Gasteiger partial charge in [-0.2, -0.15) is 0 Å². The standard InChI is InChI=1S/C21H20ClNO4S/c1-3-26-17-10-7-15(11-18(17)27-4-2)12-19-20(24)23(21(25)28-19)13-14-5-8-16(22)9-6-14/h5-12H,3-4,13H2,1-2H3/b19-12-. The van der Waals surface area contributed by atoms with Crippen LogP contribution >= 0.6 is 23.4 Å². The molecule has 0 unspecified atom stereocenters. The zero-order valence-electron chi connectivity index (χ0n) is 15.6. The van der Waals surface area contributed by atoms with Crippen LogP contribution in [-0.2, 0) is 11.3 Å². The molecule has 0 atom stereocenters. The summed E-state index contributed by atoms with van der Waals surface area (Å²) in [7, 11) is 0. The number of thioether (sulfide) groups is 1. The normalized spacial score (nSPS) is 15.4. The van der Waals surface area contributed by atoms with Crippen LogP contribution in [0.1, 0.15) is 25.0 Å². The number of benzene rings is 2. The van der Waals surface area contributed by atoms with Gasteiger partial charge in [-0.25, -0.2) is 0 Å². The molecule has 1 heterocycles. The summed E-state index contributed by atoms with van der Waals surface area (Å²) in [6.45, 7) is 5.04. The molecule has 0 spiro atoms. The average Bonchev–Trinajstić information content (AvgIpc) is 2.93. The van der Waals surface area contributed by atoms with Gasteiger partial charge in [0.15, 0.2) is 11.5 Å². The molecule has 2 aromatic rings. The van der Waals surface area contributed by atoms with Crippen LogP contribution in [0.2, 0.25) is 5.02 Å². The van der Waals surface area contributed by atoms with Crippen molar-refractivity contribution in [3.05, 3.63) is 63.5 Å². The number of nitrogens with zero attached hydrogens (tertiary/aromatic N) is 1. The first-order valence-electron chi connectivity index (χ1n) is 8.91. The van der Waals surface area contributed by atoms with E-state index in [1.54, 1.807) is 36.4 Å². The van der Waals surface area contributed by atoms with Gasteiger partial charge in [0, 0.05) is 5.02 Å². The van der Waals surface area contributed by atoms with Crippen LogP contribution in [0.25, 0.3) is 6.08 Å².